The lowest BCUT2D eigenvalue weighted by atomic mass is 9.86. The van der Waals surface area contributed by atoms with Gasteiger partial charge in [0.15, 0.2) is 17.3 Å². The van der Waals surface area contributed by atoms with Crippen molar-refractivity contribution in [1.29, 1.82) is 0 Å². The van der Waals surface area contributed by atoms with Crippen LogP contribution in [0.25, 0.3) is 11.1 Å². The van der Waals surface area contributed by atoms with E-state index in [9.17, 15) is 4.79 Å². The molecule has 8 heteroatoms. The fraction of sp³-hybridized carbons (Fsp3) is 0.241. The second-order valence-electron chi connectivity index (χ2n) is 9.42. The molecule has 0 aliphatic carbocycles. The van der Waals surface area contributed by atoms with Crippen LogP contribution in [0.15, 0.2) is 60.7 Å². The molecule has 0 saturated carbocycles. The van der Waals surface area contributed by atoms with E-state index in [0.29, 0.717) is 22.3 Å². The number of hydrogen-bond acceptors (Lipinski definition) is 5. The van der Waals surface area contributed by atoms with Crippen LogP contribution in [0.5, 0.6) is 11.5 Å². The molecule has 7 nitrogen and oxygen atoms in total. The molecule has 2 heterocycles. The molecular weight excluding hydrogens is 488 g/mol. The number of methoxy groups -OCH3 is 1. The second kappa shape index (κ2) is 9.82. The number of rotatable bonds is 6. The molecule has 0 fully saturated rings. The Bertz CT molecular complexity index is 1430. The largest absolute Gasteiger partial charge is 0.493 e. The standard InChI is InChI=1S/C29H29ClN4O3/c1-16(2)37-25-15-23-20(13-24(25)36-4)14-26(35)34(28(23)19-5-9-21(30)10-6-19)22-11-7-18(8-12-22)27-17(3)32-33-29(27)31/h5-13,15-16,28H,14H2,1-4H3,(H3,31,32,33)/t28-/m0/s1. The van der Waals surface area contributed by atoms with Gasteiger partial charge in [-0.3, -0.25) is 9.89 Å². The first kappa shape index (κ1) is 24.7. The van der Waals surface area contributed by atoms with Gasteiger partial charge in [0, 0.05) is 22.0 Å². The Labute approximate surface area is 221 Å². The quantitative estimate of drug-likeness (QED) is 0.323. The number of nitrogens with two attached hydrogens (primary N) is 1. The molecule has 1 atom stereocenters. The molecule has 5 rings (SSSR count). The van der Waals surface area contributed by atoms with Gasteiger partial charge < -0.3 is 20.1 Å². The molecule has 0 bridgehead atoms. The lowest BCUT2D eigenvalue weighted by molar-refractivity contribution is -0.118. The van der Waals surface area contributed by atoms with Crippen molar-refractivity contribution in [3.05, 3.63) is 88.1 Å². The summed E-state index contributed by atoms with van der Waals surface area (Å²) in [5.41, 5.74) is 12.4. The maximum Gasteiger partial charge on any atom is 0.232 e. The highest BCUT2D eigenvalue weighted by molar-refractivity contribution is 6.30. The highest BCUT2D eigenvalue weighted by Crippen LogP contribution is 2.44. The average molecular weight is 517 g/mol. The van der Waals surface area contributed by atoms with E-state index in [2.05, 4.69) is 10.2 Å². The van der Waals surface area contributed by atoms with Crippen molar-refractivity contribution >= 4 is 29.0 Å². The second-order valence-corrected chi connectivity index (χ2v) is 9.86. The highest BCUT2D eigenvalue weighted by atomic mass is 35.5. The van der Waals surface area contributed by atoms with Crippen LogP contribution in [0, 0.1) is 6.92 Å². The molecule has 0 unspecified atom stereocenters. The Morgan fingerprint density at radius 3 is 2.38 bits per heavy atom. The number of amides is 1. The predicted molar refractivity (Wildman–Crippen MR) is 146 cm³/mol. The van der Waals surface area contributed by atoms with Gasteiger partial charge in [-0.25, -0.2) is 0 Å². The fourth-order valence-electron chi connectivity index (χ4n) is 4.93. The van der Waals surface area contributed by atoms with Gasteiger partial charge in [0.1, 0.15) is 0 Å². The number of aryl methyl sites for hydroxylation is 1. The van der Waals surface area contributed by atoms with Crippen LogP contribution in [0.1, 0.15) is 42.3 Å². The summed E-state index contributed by atoms with van der Waals surface area (Å²) in [6.45, 7) is 5.88. The SMILES string of the molecule is COc1cc2c(cc1OC(C)C)[C@H](c1ccc(Cl)cc1)N(c1ccc(-c3c(N)n[nH]c3C)cc1)C(=O)C2. The molecule has 1 amide bonds. The van der Waals surface area contributed by atoms with Gasteiger partial charge in [-0.2, -0.15) is 5.10 Å². The fourth-order valence-corrected chi connectivity index (χ4v) is 5.06. The number of nitrogen functional groups attached to an aromatic ring is 1. The number of fused-ring (bicyclic) bond motifs is 1. The molecule has 4 aromatic rings. The number of carbonyl (C=O) groups excluding carboxylic acids is 1. The molecular formula is C29H29ClN4O3. The van der Waals surface area contributed by atoms with Crippen molar-refractivity contribution in [2.45, 2.75) is 39.3 Å². The van der Waals surface area contributed by atoms with Gasteiger partial charge in [-0.1, -0.05) is 35.9 Å². The van der Waals surface area contributed by atoms with Gasteiger partial charge in [0.25, 0.3) is 0 Å². The molecule has 37 heavy (non-hydrogen) atoms. The molecule has 0 saturated heterocycles. The molecule has 1 aliphatic rings. The minimum Gasteiger partial charge on any atom is -0.493 e. The van der Waals surface area contributed by atoms with E-state index in [1.54, 1.807) is 7.11 Å². The number of anilines is 2. The van der Waals surface area contributed by atoms with Gasteiger partial charge >= 0.3 is 0 Å². The third-order valence-corrected chi connectivity index (χ3v) is 6.80. The third-order valence-electron chi connectivity index (χ3n) is 6.55. The number of carbonyl (C=O) groups is 1. The molecule has 1 aliphatic heterocycles. The number of halogens is 1. The van der Waals surface area contributed by atoms with Crippen LogP contribution in [-0.4, -0.2) is 29.3 Å². The molecule has 3 aromatic carbocycles. The molecule has 0 radical (unpaired) electrons. The zero-order valence-corrected chi connectivity index (χ0v) is 22.0. The summed E-state index contributed by atoms with van der Waals surface area (Å²) in [6.07, 6.45) is 0.210. The number of H-pyrrole nitrogens is 1. The number of hydrogen-bond donors (Lipinski definition) is 2. The Balaban J connectivity index is 1.64. The van der Waals surface area contributed by atoms with Crippen molar-refractivity contribution in [2.75, 3.05) is 17.7 Å². The van der Waals surface area contributed by atoms with E-state index < -0.39 is 0 Å². The van der Waals surface area contributed by atoms with Crippen LogP contribution < -0.4 is 20.1 Å². The van der Waals surface area contributed by atoms with E-state index in [0.717, 1.165) is 39.2 Å². The first-order chi connectivity index (χ1) is 17.8. The number of ether oxygens (including phenoxy) is 2. The Kier molecular flexibility index (Phi) is 6.56. The minimum atomic E-state index is -0.375. The summed E-state index contributed by atoms with van der Waals surface area (Å²) in [5.74, 6) is 1.68. The predicted octanol–water partition coefficient (Wildman–Crippen LogP) is 6.10. The van der Waals surface area contributed by atoms with Crippen molar-refractivity contribution < 1.29 is 14.3 Å². The Morgan fingerprint density at radius 1 is 1.08 bits per heavy atom. The van der Waals surface area contributed by atoms with Crippen LogP contribution >= 0.6 is 11.6 Å². The average Bonchev–Trinajstić information content (AvgIpc) is 3.21. The topological polar surface area (TPSA) is 93.5 Å². The number of aromatic amines is 1. The number of nitrogens with one attached hydrogen (secondary N) is 1. The van der Waals surface area contributed by atoms with E-state index in [1.165, 1.54) is 0 Å². The molecule has 190 valence electrons. The van der Waals surface area contributed by atoms with Crippen LogP contribution in [0.3, 0.4) is 0 Å². The van der Waals surface area contributed by atoms with Gasteiger partial charge in [-0.15, -0.1) is 0 Å². The smallest absolute Gasteiger partial charge is 0.232 e. The van der Waals surface area contributed by atoms with E-state index in [1.807, 2.05) is 86.3 Å². The van der Waals surface area contributed by atoms with Crippen molar-refractivity contribution in [2.24, 2.45) is 0 Å². The monoisotopic (exact) mass is 516 g/mol. The van der Waals surface area contributed by atoms with Crippen LogP contribution in [0.2, 0.25) is 5.02 Å². The normalized spacial score (nSPS) is 15.1. The first-order valence-electron chi connectivity index (χ1n) is 12.1. The maximum atomic E-state index is 13.7. The maximum absolute atomic E-state index is 13.7. The van der Waals surface area contributed by atoms with Gasteiger partial charge in [0.05, 0.1) is 25.7 Å². The summed E-state index contributed by atoms with van der Waals surface area (Å²) in [4.78, 5) is 15.5. The summed E-state index contributed by atoms with van der Waals surface area (Å²) >= 11 is 6.21. The van der Waals surface area contributed by atoms with E-state index in [4.69, 9.17) is 26.8 Å². The first-order valence-corrected chi connectivity index (χ1v) is 12.5. The van der Waals surface area contributed by atoms with E-state index >= 15 is 0 Å². The van der Waals surface area contributed by atoms with Crippen molar-refractivity contribution in [1.82, 2.24) is 10.2 Å². The Hall–Kier alpha value is -3.97. The zero-order valence-electron chi connectivity index (χ0n) is 21.2. The van der Waals surface area contributed by atoms with Crippen LogP contribution in [0.4, 0.5) is 11.5 Å². The molecule has 3 N–H and O–H groups in total. The number of aromatic nitrogens is 2. The Morgan fingerprint density at radius 2 is 1.78 bits per heavy atom. The summed E-state index contributed by atoms with van der Waals surface area (Å²) in [5, 5.41) is 7.65. The minimum absolute atomic E-state index is 0.0150. The van der Waals surface area contributed by atoms with Crippen molar-refractivity contribution in [3.63, 3.8) is 0 Å². The van der Waals surface area contributed by atoms with Gasteiger partial charge in [0.2, 0.25) is 5.91 Å². The summed E-state index contributed by atoms with van der Waals surface area (Å²) in [7, 11) is 1.61. The summed E-state index contributed by atoms with van der Waals surface area (Å²) < 4.78 is 11.7. The van der Waals surface area contributed by atoms with Crippen LogP contribution in [-0.2, 0) is 11.2 Å². The van der Waals surface area contributed by atoms with Crippen molar-refractivity contribution in [3.8, 4) is 22.6 Å². The zero-order chi connectivity index (χ0) is 26.3. The number of nitrogens with zero attached hydrogens (tertiary/aromatic N) is 2. The lowest BCUT2D eigenvalue weighted by Crippen LogP contribution is -2.41. The van der Waals surface area contributed by atoms with Gasteiger partial charge in [-0.05, 0) is 79.4 Å². The highest BCUT2D eigenvalue weighted by Gasteiger charge is 2.36. The van der Waals surface area contributed by atoms with E-state index in [-0.39, 0.29) is 24.5 Å². The number of benzene rings is 3. The molecule has 0 spiro atoms. The third kappa shape index (κ3) is 4.62. The summed E-state index contributed by atoms with van der Waals surface area (Å²) in [6, 6.07) is 19.0. The lowest BCUT2D eigenvalue weighted by Gasteiger charge is -2.38. The molecule has 1 aromatic heterocycles.